The molecule has 3 heteroatoms. The fourth-order valence-corrected chi connectivity index (χ4v) is 1.58. The summed E-state index contributed by atoms with van der Waals surface area (Å²) in [5.74, 6) is 0.946. The van der Waals surface area contributed by atoms with E-state index in [1.807, 2.05) is 38.1 Å². The maximum absolute atomic E-state index is 11.2. The molecule has 0 aromatic heterocycles. The third-order valence-electron chi connectivity index (χ3n) is 2.40. The lowest BCUT2D eigenvalue weighted by molar-refractivity contribution is -0.121. The molecule has 0 heterocycles. The average Bonchev–Trinajstić information content (AvgIpc) is 2.28. The van der Waals surface area contributed by atoms with E-state index in [1.54, 1.807) is 7.11 Å². The Hall–Kier alpha value is -1.51. The number of benzene rings is 1. The summed E-state index contributed by atoms with van der Waals surface area (Å²) >= 11 is 0. The lowest BCUT2D eigenvalue weighted by atomic mass is 10.1. The summed E-state index contributed by atoms with van der Waals surface area (Å²) in [5, 5.41) is 2.94. The van der Waals surface area contributed by atoms with E-state index in [9.17, 15) is 4.79 Å². The van der Waals surface area contributed by atoms with Crippen LogP contribution in [0, 0.1) is 0 Å². The Kier molecular flexibility index (Phi) is 4.83. The van der Waals surface area contributed by atoms with Gasteiger partial charge in [-0.05, 0) is 31.0 Å². The molecule has 3 nitrogen and oxygen atoms in total. The van der Waals surface area contributed by atoms with Crippen LogP contribution in [-0.2, 0) is 11.2 Å². The van der Waals surface area contributed by atoms with Crippen molar-refractivity contribution in [2.45, 2.75) is 32.7 Å². The van der Waals surface area contributed by atoms with Crippen LogP contribution in [0.4, 0.5) is 0 Å². The van der Waals surface area contributed by atoms with E-state index in [0.29, 0.717) is 6.42 Å². The van der Waals surface area contributed by atoms with Gasteiger partial charge in [-0.3, -0.25) is 4.79 Å². The van der Waals surface area contributed by atoms with Gasteiger partial charge in [0.1, 0.15) is 5.75 Å². The molecule has 1 atom stereocenters. The molecule has 0 aliphatic heterocycles. The zero-order valence-electron chi connectivity index (χ0n) is 10.1. The molecule has 0 radical (unpaired) electrons. The van der Waals surface area contributed by atoms with Crippen LogP contribution in [-0.4, -0.2) is 19.1 Å². The number of ether oxygens (including phenoxy) is 1. The van der Waals surface area contributed by atoms with Gasteiger partial charge in [-0.2, -0.15) is 0 Å². The Bertz CT molecular complexity index is 350. The highest BCUT2D eigenvalue weighted by molar-refractivity contribution is 5.75. The van der Waals surface area contributed by atoms with Crippen molar-refractivity contribution in [1.29, 1.82) is 0 Å². The van der Waals surface area contributed by atoms with Crippen LogP contribution in [0.15, 0.2) is 24.3 Å². The van der Waals surface area contributed by atoms with Gasteiger partial charge in [0.15, 0.2) is 0 Å². The van der Waals surface area contributed by atoms with Gasteiger partial charge in [0.25, 0.3) is 0 Å². The Balaban J connectivity index is 2.55. The third kappa shape index (κ3) is 3.93. The first kappa shape index (κ1) is 12.6. The molecule has 0 aliphatic rings. The number of hydrogen-bond acceptors (Lipinski definition) is 2. The second-order valence-corrected chi connectivity index (χ2v) is 3.88. The Morgan fingerprint density at radius 1 is 1.50 bits per heavy atom. The van der Waals surface area contributed by atoms with Gasteiger partial charge in [-0.15, -0.1) is 0 Å². The maximum atomic E-state index is 11.2. The van der Waals surface area contributed by atoms with Crippen molar-refractivity contribution >= 4 is 5.91 Å². The van der Waals surface area contributed by atoms with Crippen molar-refractivity contribution in [2.75, 3.05) is 7.11 Å². The normalized spacial score (nSPS) is 11.9. The summed E-state index contributed by atoms with van der Waals surface area (Å²) in [6.45, 7) is 3.86. The second kappa shape index (κ2) is 6.16. The minimum atomic E-state index is 0.0930. The van der Waals surface area contributed by atoms with Crippen LogP contribution in [0.1, 0.15) is 25.8 Å². The van der Waals surface area contributed by atoms with Crippen LogP contribution in [0.2, 0.25) is 0 Å². The highest BCUT2D eigenvalue weighted by atomic mass is 16.5. The van der Waals surface area contributed by atoms with E-state index in [0.717, 1.165) is 12.2 Å². The van der Waals surface area contributed by atoms with E-state index in [1.165, 1.54) is 5.56 Å². The summed E-state index contributed by atoms with van der Waals surface area (Å²) in [5.41, 5.74) is 1.17. The first-order chi connectivity index (χ1) is 7.65. The van der Waals surface area contributed by atoms with Crippen molar-refractivity contribution in [2.24, 2.45) is 0 Å². The van der Waals surface area contributed by atoms with E-state index >= 15 is 0 Å². The minimum absolute atomic E-state index is 0.0930. The summed E-state index contributed by atoms with van der Waals surface area (Å²) < 4.78 is 5.15. The van der Waals surface area contributed by atoms with E-state index in [2.05, 4.69) is 5.32 Å². The molecule has 1 amide bonds. The second-order valence-electron chi connectivity index (χ2n) is 3.88. The van der Waals surface area contributed by atoms with Crippen molar-refractivity contribution in [3.05, 3.63) is 29.8 Å². The van der Waals surface area contributed by atoms with Crippen molar-refractivity contribution in [3.8, 4) is 5.75 Å². The molecule has 1 aromatic rings. The van der Waals surface area contributed by atoms with Crippen molar-refractivity contribution in [1.82, 2.24) is 5.32 Å². The molecule has 0 saturated carbocycles. The Morgan fingerprint density at radius 2 is 2.25 bits per heavy atom. The maximum Gasteiger partial charge on any atom is 0.219 e. The van der Waals surface area contributed by atoms with Gasteiger partial charge in [0, 0.05) is 12.5 Å². The molecule has 16 heavy (non-hydrogen) atoms. The fraction of sp³-hybridized carbons (Fsp3) is 0.462. The fourth-order valence-electron chi connectivity index (χ4n) is 1.58. The van der Waals surface area contributed by atoms with Gasteiger partial charge in [-0.25, -0.2) is 0 Å². The highest BCUT2D eigenvalue weighted by Crippen LogP contribution is 2.13. The van der Waals surface area contributed by atoms with Gasteiger partial charge >= 0.3 is 0 Å². The Morgan fingerprint density at radius 3 is 2.88 bits per heavy atom. The van der Waals surface area contributed by atoms with Crippen molar-refractivity contribution < 1.29 is 9.53 Å². The van der Waals surface area contributed by atoms with Crippen LogP contribution < -0.4 is 10.1 Å². The monoisotopic (exact) mass is 221 g/mol. The largest absolute Gasteiger partial charge is 0.497 e. The topological polar surface area (TPSA) is 38.3 Å². The predicted molar refractivity (Wildman–Crippen MR) is 64.6 cm³/mol. The number of rotatable bonds is 5. The number of hydrogen-bond donors (Lipinski definition) is 1. The van der Waals surface area contributed by atoms with Crippen LogP contribution in [0.25, 0.3) is 0 Å². The van der Waals surface area contributed by atoms with Crippen molar-refractivity contribution in [3.63, 3.8) is 0 Å². The third-order valence-corrected chi connectivity index (χ3v) is 2.40. The summed E-state index contributed by atoms with van der Waals surface area (Å²) in [4.78, 5) is 11.2. The van der Waals surface area contributed by atoms with Crippen LogP contribution in [0.5, 0.6) is 5.75 Å². The van der Waals surface area contributed by atoms with E-state index in [4.69, 9.17) is 4.74 Å². The number of nitrogens with one attached hydrogen (secondary N) is 1. The summed E-state index contributed by atoms with van der Waals surface area (Å²) in [6, 6.07) is 8.06. The zero-order valence-corrected chi connectivity index (χ0v) is 10.1. The summed E-state index contributed by atoms with van der Waals surface area (Å²) in [6.07, 6.45) is 1.35. The molecule has 0 bridgehead atoms. The number of carbonyl (C=O) groups excluding carboxylic acids is 1. The molecule has 0 fully saturated rings. The quantitative estimate of drug-likeness (QED) is 0.827. The molecule has 0 aliphatic carbocycles. The standard InChI is InChI=1S/C13H19NO2/c1-4-13(15)14-10(2)8-11-6-5-7-12(9-11)16-3/h5-7,9-10H,4,8H2,1-3H3,(H,14,15). The first-order valence-electron chi connectivity index (χ1n) is 5.58. The molecule has 1 N–H and O–H groups in total. The van der Waals surface area contributed by atoms with E-state index in [-0.39, 0.29) is 11.9 Å². The minimum Gasteiger partial charge on any atom is -0.497 e. The highest BCUT2D eigenvalue weighted by Gasteiger charge is 2.06. The molecule has 0 spiro atoms. The van der Waals surface area contributed by atoms with Gasteiger partial charge < -0.3 is 10.1 Å². The molecular weight excluding hydrogens is 202 g/mol. The lowest BCUT2D eigenvalue weighted by Gasteiger charge is -2.13. The van der Waals surface area contributed by atoms with E-state index < -0.39 is 0 Å². The van der Waals surface area contributed by atoms with Gasteiger partial charge in [0.2, 0.25) is 5.91 Å². The predicted octanol–water partition coefficient (Wildman–Crippen LogP) is 2.15. The van der Waals surface area contributed by atoms with Crippen LogP contribution in [0.3, 0.4) is 0 Å². The molecule has 1 aromatic carbocycles. The lowest BCUT2D eigenvalue weighted by Crippen LogP contribution is -2.33. The smallest absolute Gasteiger partial charge is 0.219 e. The van der Waals surface area contributed by atoms with Gasteiger partial charge in [-0.1, -0.05) is 19.1 Å². The molecule has 1 unspecified atom stereocenters. The Labute approximate surface area is 96.8 Å². The molecule has 88 valence electrons. The zero-order chi connectivity index (χ0) is 12.0. The average molecular weight is 221 g/mol. The van der Waals surface area contributed by atoms with Gasteiger partial charge in [0.05, 0.1) is 7.11 Å². The number of methoxy groups -OCH3 is 1. The first-order valence-corrected chi connectivity index (χ1v) is 5.58. The number of amides is 1. The number of carbonyl (C=O) groups is 1. The van der Waals surface area contributed by atoms with Crippen LogP contribution >= 0.6 is 0 Å². The molecular formula is C13H19NO2. The molecule has 1 rings (SSSR count). The SMILES string of the molecule is CCC(=O)NC(C)Cc1cccc(OC)c1. The molecule has 0 saturated heterocycles. The summed E-state index contributed by atoms with van der Waals surface area (Å²) in [7, 11) is 1.65.